The summed E-state index contributed by atoms with van der Waals surface area (Å²) in [5.74, 6) is 2.57. The number of furan rings is 3. The van der Waals surface area contributed by atoms with Gasteiger partial charge < -0.3 is 18.2 Å². The molecule has 0 amide bonds. The number of anilines is 6. The van der Waals surface area contributed by atoms with E-state index in [1.54, 1.807) is 0 Å². The number of nitrogens with zero attached hydrogens (tertiary/aromatic N) is 2. The highest BCUT2D eigenvalue weighted by molar-refractivity contribution is 7.01. The van der Waals surface area contributed by atoms with Crippen LogP contribution in [0.5, 0.6) is 0 Å². The van der Waals surface area contributed by atoms with Crippen molar-refractivity contribution in [3.63, 3.8) is 0 Å². The summed E-state index contributed by atoms with van der Waals surface area (Å²) in [6.07, 6.45) is 0. The largest absolute Gasteiger partial charge is 0.456 e. The molecule has 10 aromatic rings. The molecule has 0 atom stereocenters. The first kappa shape index (κ1) is 38.5. The van der Waals surface area contributed by atoms with Gasteiger partial charge in [-0.25, -0.2) is 0 Å². The predicted octanol–water partition coefficient (Wildman–Crippen LogP) is 14.6. The quantitative estimate of drug-likeness (QED) is 0.165. The molecular formula is C58H49BN2O3. The number of rotatable bonds is 4. The summed E-state index contributed by atoms with van der Waals surface area (Å²) in [7, 11) is 0. The Morgan fingerprint density at radius 1 is 0.453 bits per heavy atom. The Kier molecular flexibility index (Phi) is 8.22. The fourth-order valence-electron chi connectivity index (χ4n) is 10.3. The van der Waals surface area contributed by atoms with Gasteiger partial charge in [0.1, 0.15) is 28.3 Å². The van der Waals surface area contributed by atoms with E-state index in [1.165, 1.54) is 38.6 Å². The van der Waals surface area contributed by atoms with E-state index in [9.17, 15) is 0 Å². The Hall–Kier alpha value is -7.18. The standard InChI is InChI=1S/C58H49BN2O3/c1-34-28-41(58(6,7)8)29-35(2)55(34)61-47-17-13-16-46-54(47)59(53-43-33-40(57(3,4)5)23-27-50(43)64-56(53)61)44-30-39(52-32-38-15-10-12-19-49(38)63-52)22-26-45(44)60(46)42-24-20-36(21-25-42)51-31-37-14-9-11-18-48(37)62-51/h9-33H,1-8H3. The molecule has 0 unspecified atom stereocenters. The van der Waals surface area contributed by atoms with Crippen molar-refractivity contribution in [3.8, 4) is 22.6 Å². The Morgan fingerprint density at radius 2 is 1.05 bits per heavy atom. The normalized spacial score (nSPS) is 13.5. The predicted molar refractivity (Wildman–Crippen MR) is 268 cm³/mol. The van der Waals surface area contributed by atoms with Gasteiger partial charge in [-0.1, -0.05) is 108 Å². The second-order valence-electron chi connectivity index (χ2n) is 19.9. The lowest BCUT2D eigenvalue weighted by molar-refractivity contribution is 0.589. The number of aryl methyl sites for hydroxylation is 2. The highest BCUT2D eigenvalue weighted by Crippen LogP contribution is 2.49. The van der Waals surface area contributed by atoms with Crippen LogP contribution in [-0.4, -0.2) is 6.71 Å². The maximum absolute atomic E-state index is 7.23. The van der Waals surface area contributed by atoms with Crippen molar-refractivity contribution in [1.82, 2.24) is 0 Å². The van der Waals surface area contributed by atoms with Gasteiger partial charge in [-0.15, -0.1) is 0 Å². The van der Waals surface area contributed by atoms with Crippen LogP contribution in [0, 0.1) is 13.8 Å². The van der Waals surface area contributed by atoms with Crippen molar-refractivity contribution in [2.24, 2.45) is 0 Å². The summed E-state index contributed by atoms with van der Waals surface area (Å²) in [6.45, 7) is 18.1. The number of benzene rings is 7. The minimum Gasteiger partial charge on any atom is -0.456 e. The first-order valence-corrected chi connectivity index (χ1v) is 22.4. The molecule has 64 heavy (non-hydrogen) atoms. The highest BCUT2D eigenvalue weighted by atomic mass is 16.4. The molecule has 0 bridgehead atoms. The van der Waals surface area contributed by atoms with Gasteiger partial charge in [0.15, 0.2) is 0 Å². The van der Waals surface area contributed by atoms with E-state index in [-0.39, 0.29) is 17.5 Å². The van der Waals surface area contributed by atoms with Crippen molar-refractivity contribution in [2.45, 2.75) is 66.2 Å². The Morgan fingerprint density at radius 3 is 1.67 bits per heavy atom. The molecule has 7 aromatic carbocycles. The van der Waals surface area contributed by atoms with Crippen LogP contribution in [-0.2, 0) is 10.8 Å². The molecule has 5 heterocycles. The average molecular weight is 833 g/mol. The van der Waals surface area contributed by atoms with Gasteiger partial charge in [-0.3, -0.25) is 4.90 Å². The van der Waals surface area contributed by atoms with E-state index < -0.39 is 0 Å². The van der Waals surface area contributed by atoms with Gasteiger partial charge in [0, 0.05) is 55.5 Å². The molecule has 0 N–H and O–H groups in total. The monoisotopic (exact) mass is 832 g/mol. The van der Waals surface area contributed by atoms with Crippen LogP contribution in [0.4, 0.5) is 34.3 Å². The lowest BCUT2D eigenvalue weighted by Crippen LogP contribution is -2.61. The van der Waals surface area contributed by atoms with Crippen LogP contribution in [0.25, 0.3) is 55.6 Å². The van der Waals surface area contributed by atoms with E-state index in [0.29, 0.717) is 0 Å². The summed E-state index contributed by atoms with van der Waals surface area (Å²) in [4.78, 5) is 4.87. The van der Waals surface area contributed by atoms with Gasteiger partial charge >= 0.3 is 0 Å². The lowest BCUT2D eigenvalue weighted by atomic mass is 9.33. The third-order valence-corrected chi connectivity index (χ3v) is 13.6. The summed E-state index contributed by atoms with van der Waals surface area (Å²) in [5.41, 5.74) is 18.9. The molecule has 5 nitrogen and oxygen atoms in total. The molecule has 312 valence electrons. The fourth-order valence-corrected chi connectivity index (χ4v) is 10.3. The van der Waals surface area contributed by atoms with Crippen molar-refractivity contribution in [1.29, 1.82) is 0 Å². The number of hydrogen-bond acceptors (Lipinski definition) is 5. The van der Waals surface area contributed by atoms with Crippen LogP contribution in [0.3, 0.4) is 0 Å². The van der Waals surface area contributed by atoms with Crippen LogP contribution in [0.15, 0.2) is 165 Å². The SMILES string of the molecule is Cc1cc(C(C)(C)C)cc(C)c1N1c2cccc3c2B(c2cc(-c4cc5ccccc5o4)ccc2N3c2ccc(-c3cc4ccccc4o3)cc2)c2c1oc1ccc(C(C)(C)C)cc21. The maximum Gasteiger partial charge on any atom is 0.257 e. The minimum absolute atomic E-state index is 0.00253. The average Bonchev–Trinajstić information content (AvgIpc) is 4.02. The summed E-state index contributed by atoms with van der Waals surface area (Å²) >= 11 is 0. The number of hydrogen-bond donors (Lipinski definition) is 0. The zero-order valence-electron chi connectivity index (χ0n) is 37.6. The maximum atomic E-state index is 7.23. The molecule has 6 heteroatoms. The summed E-state index contributed by atoms with van der Waals surface area (Å²) in [5, 5.41) is 3.32. The summed E-state index contributed by atoms with van der Waals surface area (Å²) in [6, 6.07) is 54.8. The lowest BCUT2D eigenvalue weighted by Gasteiger charge is -2.43. The summed E-state index contributed by atoms with van der Waals surface area (Å²) < 4.78 is 20.1. The molecule has 3 aromatic heterocycles. The molecule has 2 aliphatic rings. The van der Waals surface area contributed by atoms with Gasteiger partial charge in [0.05, 0.1) is 5.69 Å². The first-order chi connectivity index (χ1) is 30.8. The fraction of sp³-hybridized carbons (Fsp3) is 0.172. The molecule has 12 rings (SSSR count). The third-order valence-electron chi connectivity index (χ3n) is 13.6. The first-order valence-electron chi connectivity index (χ1n) is 22.4. The second-order valence-corrected chi connectivity index (χ2v) is 19.9. The van der Waals surface area contributed by atoms with Crippen LogP contribution < -0.4 is 26.2 Å². The van der Waals surface area contributed by atoms with E-state index in [1.807, 2.05) is 24.3 Å². The number of fused-ring (bicyclic) bond motifs is 8. The van der Waals surface area contributed by atoms with Crippen LogP contribution >= 0.6 is 0 Å². The third kappa shape index (κ3) is 5.85. The molecule has 0 saturated heterocycles. The van der Waals surface area contributed by atoms with Crippen molar-refractivity contribution >= 4 is 90.3 Å². The Balaban J connectivity index is 1.13. The Labute approximate surface area is 374 Å². The van der Waals surface area contributed by atoms with E-state index >= 15 is 0 Å². The molecule has 0 spiro atoms. The zero-order valence-corrected chi connectivity index (χ0v) is 37.6. The van der Waals surface area contributed by atoms with E-state index in [2.05, 4.69) is 193 Å². The van der Waals surface area contributed by atoms with Crippen LogP contribution in [0.2, 0.25) is 0 Å². The van der Waals surface area contributed by atoms with Crippen LogP contribution in [0.1, 0.15) is 63.8 Å². The smallest absolute Gasteiger partial charge is 0.257 e. The topological polar surface area (TPSA) is 45.9 Å². The minimum atomic E-state index is -0.145. The van der Waals surface area contributed by atoms with Crippen molar-refractivity contribution in [2.75, 3.05) is 9.80 Å². The van der Waals surface area contributed by atoms with Gasteiger partial charge in [0.25, 0.3) is 6.71 Å². The van der Waals surface area contributed by atoms with Gasteiger partial charge in [0.2, 0.25) is 5.88 Å². The van der Waals surface area contributed by atoms with Crippen molar-refractivity contribution < 1.29 is 13.3 Å². The van der Waals surface area contributed by atoms with Gasteiger partial charge in [-0.2, -0.15) is 0 Å². The molecule has 0 saturated carbocycles. The van der Waals surface area contributed by atoms with E-state index in [0.717, 1.165) is 89.9 Å². The van der Waals surface area contributed by atoms with Gasteiger partial charge in [-0.05, 0) is 143 Å². The second kappa shape index (κ2) is 13.7. The zero-order chi connectivity index (χ0) is 43.8. The van der Waals surface area contributed by atoms with E-state index in [4.69, 9.17) is 13.3 Å². The number of para-hydroxylation sites is 2. The molecule has 0 radical (unpaired) electrons. The highest BCUT2D eigenvalue weighted by Gasteiger charge is 2.47. The molecular weight excluding hydrogens is 783 g/mol. The molecule has 0 aliphatic carbocycles. The molecule has 2 aliphatic heterocycles. The van der Waals surface area contributed by atoms with Crippen molar-refractivity contribution in [3.05, 3.63) is 174 Å². The Bertz CT molecular complexity index is 3430. The molecule has 0 fully saturated rings.